The summed E-state index contributed by atoms with van der Waals surface area (Å²) in [5.74, 6) is -0.592. The molecular formula is C17H18ClFN4O3. The Labute approximate surface area is 154 Å². The summed E-state index contributed by atoms with van der Waals surface area (Å²) in [7, 11) is 1.27. The monoisotopic (exact) mass is 380 g/mol. The summed E-state index contributed by atoms with van der Waals surface area (Å²) in [5.41, 5.74) is 0.694. The molecule has 1 saturated heterocycles. The molecule has 2 N–H and O–H groups in total. The van der Waals surface area contributed by atoms with Gasteiger partial charge in [-0.25, -0.2) is 19.2 Å². The van der Waals surface area contributed by atoms with Gasteiger partial charge in [-0.2, -0.15) is 0 Å². The highest BCUT2D eigenvalue weighted by molar-refractivity contribution is 6.31. The number of nitrogens with one attached hydrogen (secondary N) is 1. The summed E-state index contributed by atoms with van der Waals surface area (Å²) in [6.07, 6.45) is 2.77. The first-order valence-corrected chi connectivity index (χ1v) is 8.38. The fourth-order valence-electron chi connectivity index (χ4n) is 2.93. The van der Waals surface area contributed by atoms with Gasteiger partial charge in [-0.15, -0.1) is 0 Å². The highest BCUT2D eigenvalue weighted by atomic mass is 35.5. The highest BCUT2D eigenvalue weighted by Crippen LogP contribution is 2.33. The maximum absolute atomic E-state index is 13.9. The molecule has 0 bridgehead atoms. The van der Waals surface area contributed by atoms with Gasteiger partial charge < -0.3 is 20.1 Å². The van der Waals surface area contributed by atoms with Gasteiger partial charge in [-0.1, -0.05) is 23.7 Å². The van der Waals surface area contributed by atoms with Crippen LogP contribution < -0.4 is 10.2 Å². The van der Waals surface area contributed by atoms with Gasteiger partial charge >= 0.3 is 5.97 Å². The Kier molecular flexibility index (Phi) is 5.65. The lowest BCUT2D eigenvalue weighted by Gasteiger charge is -2.41. The van der Waals surface area contributed by atoms with Crippen LogP contribution in [-0.4, -0.2) is 53.9 Å². The molecule has 0 radical (unpaired) electrons. The number of aromatic nitrogens is 2. The van der Waals surface area contributed by atoms with Crippen LogP contribution in [0.4, 0.5) is 10.2 Å². The number of aliphatic hydroxyl groups excluding tert-OH is 1. The number of esters is 1. The van der Waals surface area contributed by atoms with Gasteiger partial charge in [-0.3, -0.25) is 0 Å². The molecule has 1 aromatic heterocycles. The third-order valence-corrected chi connectivity index (χ3v) is 4.68. The number of carbonyl (C=O) groups excluding carboxylic acids is 1. The second kappa shape index (κ2) is 7.94. The minimum Gasteiger partial charge on any atom is -0.464 e. The first-order chi connectivity index (χ1) is 12.5. The van der Waals surface area contributed by atoms with E-state index in [9.17, 15) is 14.3 Å². The fourth-order valence-corrected chi connectivity index (χ4v) is 3.18. The number of ether oxygens (including phenoxy) is 1. The minimum atomic E-state index is -0.581. The van der Waals surface area contributed by atoms with Gasteiger partial charge in [0.2, 0.25) is 0 Å². The van der Waals surface area contributed by atoms with Gasteiger partial charge in [0.15, 0.2) is 5.69 Å². The summed E-state index contributed by atoms with van der Waals surface area (Å²) >= 11 is 6.16. The predicted molar refractivity (Wildman–Crippen MR) is 93.7 cm³/mol. The van der Waals surface area contributed by atoms with E-state index in [2.05, 4.69) is 20.0 Å². The van der Waals surface area contributed by atoms with Crippen molar-refractivity contribution in [1.29, 1.82) is 0 Å². The third-order valence-electron chi connectivity index (χ3n) is 4.28. The van der Waals surface area contributed by atoms with Crippen LogP contribution in [0, 0.1) is 5.82 Å². The van der Waals surface area contributed by atoms with E-state index in [1.807, 2.05) is 4.90 Å². The zero-order chi connectivity index (χ0) is 18.7. The molecule has 1 aromatic carbocycles. The standard InChI is InChI=1S/C17H18ClFN4O3/c1-26-17(25)13-5-22-15(7-21-13)23-8-10(9-24)20-6-14(23)11-3-2-4-12(19)16(11)18/h2-5,7,10,14,20,24H,6,8-9H2,1H3. The van der Waals surface area contributed by atoms with Crippen molar-refractivity contribution in [2.45, 2.75) is 12.1 Å². The van der Waals surface area contributed by atoms with Crippen molar-refractivity contribution in [3.05, 3.63) is 52.7 Å². The second-order valence-corrected chi connectivity index (χ2v) is 6.23. The van der Waals surface area contributed by atoms with Crippen molar-refractivity contribution in [3.63, 3.8) is 0 Å². The maximum Gasteiger partial charge on any atom is 0.358 e. The Morgan fingerprint density at radius 3 is 2.92 bits per heavy atom. The topological polar surface area (TPSA) is 87.6 Å². The average molecular weight is 381 g/mol. The quantitative estimate of drug-likeness (QED) is 0.778. The van der Waals surface area contributed by atoms with Crippen LogP contribution in [-0.2, 0) is 4.74 Å². The Balaban J connectivity index is 1.96. The molecule has 3 rings (SSSR count). The van der Waals surface area contributed by atoms with Gasteiger partial charge in [0.1, 0.15) is 11.6 Å². The average Bonchev–Trinajstić information content (AvgIpc) is 2.69. The van der Waals surface area contributed by atoms with Crippen LogP contribution in [0.5, 0.6) is 0 Å². The molecule has 1 aliphatic rings. The van der Waals surface area contributed by atoms with Crippen LogP contribution in [0.3, 0.4) is 0 Å². The predicted octanol–water partition coefficient (Wildman–Crippen LogP) is 1.57. The summed E-state index contributed by atoms with van der Waals surface area (Å²) in [6, 6.07) is 4.16. The summed E-state index contributed by atoms with van der Waals surface area (Å²) in [4.78, 5) is 21.8. The van der Waals surface area contributed by atoms with E-state index in [0.717, 1.165) is 0 Å². The number of methoxy groups -OCH3 is 1. The van der Waals surface area contributed by atoms with E-state index in [1.54, 1.807) is 12.1 Å². The second-order valence-electron chi connectivity index (χ2n) is 5.85. The molecule has 2 aromatic rings. The number of rotatable bonds is 4. The number of hydrogen-bond donors (Lipinski definition) is 2. The van der Waals surface area contributed by atoms with E-state index in [4.69, 9.17) is 11.6 Å². The Morgan fingerprint density at radius 2 is 2.27 bits per heavy atom. The summed E-state index contributed by atoms with van der Waals surface area (Å²) in [5, 5.41) is 12.7. The van der Waals surface area contributed by atoms with Gasteiger partial charge in [-0.05, 0) is 11.6 Å². The van der Waals surface area contributed by atoms with Crippen LogP contribution in [0.1, 0.15) is 22.1 Å². The SMILES string of the molecule is COC(=O)c1cnc(N2CC(CO)NCC2c2cccc(F)c2Cl)cn1. The van der Waals surface area contributed by atoms with Gasteiger partial charge in [0, 0.05) is 19.1 Å². The first-order valence-electron chi connectivity index (χ1n) is 8.00. The van der Waals surface area contributed by atoms with Crippen molar-refractivity contribution in [1.82, 2.24) is 15.3 Å². The molecule has 26 heavy (non-hydrogen) atoms. The summed E-state index contributed by atoms with van der Waals surface area (Å²) in [6.45, 7) is 0.795. The lowest BCUT2D eigenvalue weighted by Crippen LogP contribution is -2.54. The lowest BCUT2D eigenvalue weighted by molar-refractivity contribution is 0.0593. The molecule has 138 valence electrons. The number of benzene rings is 1. The normalized spacial score (nSPS) is 20.1. The number of halogens is 2. The molecule has 0 aliphatic carbocycles. The molecule has 1 aliphatic heterocycles. The molecule has 0 saturated carbocycles. The molecule has 2 unspecified atom stereocenters. The zero-order valence-corrected chi connectivity index (χ0v) is 14.8. The van der Waals surface area contributed by atoms with E-state index >= 15 is 0 Å². The fraction of sp³-hybridized carbons (Fsp3) is 0.353. The molecule has 0 spiro atoms. The Morgan fingerprint density at radius 1 is 1.46 bits per heavy atom. The van der Waals surface area contributed by atoms with E-state index in [1.165, 1.54) is 25.6 Å². The number of piperazine rings is 1. The van der Waals surface area contributed by atoms with Crippen molar-refractivity contribution < 1.29 is 19.0 Å². The van der Waals surface area contributed by atoms with Crippen LogP contribution in [0.2, 0.25) is 5.02 Å². The number of carbonyl (C=O) groups is 1. The van der Waals surface area contributed by atoms with Crippen LogP contribution in [0.15, 0.2) is 30.6 Å². The van der Waals surface area contributed by atoms with Crippen molar-refractivity contribution >= 4 is 23.4 Å². The van der Waals surface area contributed by atoms with Crippen LogP contribution >= 0.6 is 11.6 Å². The molecule has 0 amide bonds. The maximum atomic E-state index is 13.9. The number of aliphatic hydroxyl groups is 1. The molecule has 2 atom stereocenters. The highest BCUT2D eigenvalue weighted by Gasteiger charge is 2.31. The first kappa shape index (κ1) is 18.5. The van der Waals surface area contributed by atoms with E-state index in [0.29, 0.717) is 24.5 Å². The lowest BCUT2D eigenvalue weighted by atomic mass is 10.0. The largest absolute Gasteiger partial charge is 0.464 e. The van der Waals surface area contributed by atoms with Crippen molar-refractivity contribution in [2.75, 3.05) is 31.7 Å². The Bertz CT molecular complexity index is 790. The molecule has 2 heterocycles. The number of nitrogens with zero attached hydrogens (tertiary/aromatic N) is 3. The van der Waals surface area contributed by atoms with Crippen molar-refractivity contribution in [2.24, 2.45) is 0 Å². The minimum absolute atomic E-state index is 0.0471. The molecule has 7 nitrogen and oxygen atoms in total. The van der Waals surface area contributed by atoms with Gasteiger partial charge in [0.25, 0.3) is 0 Å². The third kappa shape index (κ3) is 3.62. The zero-order valence-electron chi connectivity index (χ0n) is 14.0. The summed E-state index contributed by atoms with van der Waals surface area (Å²) < 4.78 is 18.5. The number of anilines is 1. The van der Waals surface area contributed by atoms with Crippen LogP contribution in [0.25, 0.3) is 0 Å². The van der Waals surface area contributed by atoms with E-state index < -0.39 is 11.8 Å². The molecule has 1 fully saturated rings. The molecule has 9 heteroatoms. The number of hydrogen-bond acceptors (Lipinski definition) is 7. The molecular weight excluding hydrogens is 363 g/mol. The smallest absolute Gasteiger partial charge is 0.358 e. The van der Waals surface area contributed by atoms with E-state index in [-0.39, 0.29) is 29.4 Å². The van der Waals surface area contributed by atoms with Gasteiger partial charge in [0.05, 0.1) is 37.2 Å². The Hall–Kier alpha value is -2.29. The van der Waals surface area contributed by atoms with Crippen molar-refractivity contribution in [3.8, 4) is 0 Å².